The Bertz CT molecular complexity index is 639. The number of hydrogen-bond donors (Lipinski definition) is 2. The molecule has 2 unspecified atom stereocenters. The van der Waals surface area contributed by atoms with E-state index in [4.69, 9.17) is 5.84 Å². The molecule has 2 aromatic rings. The van der Waals surface area contributed by atoms with Crippen molar-refractivity contribution in [3.63, 3.8) is 0 Å². The van der Waals surface area contributed by atoms with E-state index in [0.29, 0.717) is 5.92 Å². The summed E-state index contributed by atoms with van der Waals surface area (Å²) in [6, 6.07) is 13.5. The van der Waals surface area contributed by atoms with E-state index in [1.54, 1.807) is 6.07 Å². The van der Waals surface area contributed by atoms with Gasteiger partial charge in [0.05, 0.1) is 6.04 Å². The number of rotatable bonds is 3. The number of aryl methyl sites for hydroxylation is 2. The van der Waals surface area contributed by atoms with Crippen LogP contribution in [-0.2, 0) is 6.42 Å². The quantitative estimate of drug-likeness (QED) is 0.665. The molecule has 0 radical (unpaired) electrons. The Hall–Kier alpha value is -1.71. The molecule has 0 aliphatic heterocycles. The average molecular weight is 284 g/mol. The lowest BCUT2D eigenvalue weighted by Gasteiger charge is -2.33. The van der Waals surface area contributed by atoms with Crippen molar-refractivity contribution in [2.45, 2.75) is 38.1 Å². The number of hydrogen-bond acceptors (Lipinski definition) is 2. The second-order valence-electron chi connectivity index (χ2n) is 5.84. The van der Waals surface area contributed by atoms with Gasteiger partial charge in [-0.05, 0) is 60.6 Å². The Morgan fingerprint density at radius 1 is 1.24 bits per heavy atom. The predicted octanol–water partition coefficient (Wildman–Crippen LogP) is 3.76. The molecule has 0 saturated heterocycles. The molecule has 3 rings (SSSR count). The van der Waals surface area contributed by atoms with Gasteiger partial charge in [0.1, 0.15) is 5.82 Å². The number of hydrazine groups is 1. The zero-order valence-electron chi connectivity index (χ0n) is 12.3. The number of halogens is 1. The Kier molecular flexibility index (Phi) is 4.04. The summed E-state index contributed by atoms with van der Waals surface area (Å²) in [6.45, 7) is 1.94. The van der Waals surface area contributed by atoms with Crippen LogP contribution in [0.15, 0.2) is 42.5 Å². The zero-order valence-corrected chi connectivity index (χ0v) is 12.3. The first kappa shape index (κ1) is 14.2. The van der Waals surface area contributed by atoms with Crippen LogP contribution in [0.5, 0.6) is 0 Å². The minimum Gasteiger partial charge on any atom is -0.271 e. The van der Waals surface area contributed by atoms with Crippen LogP contribution in [0.3, 0.4) is 0 Å². The summed E-state index contributed by atoms with van der Waals surface area (Å²) in [5, 5.41) is 0. The lowest BCUT2D eigenvalue weighted by Crippen LogP contribution is -2.34. The highest BCUT2D eigenvalue weighted by molar-refractivity contribution is 5.38. The first-order valence-electron chi connectivity index (χ1n) is 7.50. The van der Waals surface area contributed by atoms with Crippen molar-refractivity contribution >= 4 is 0 Å². The molecule has 2 aromatic carbocycles. The van der Waals surface area contributed by atoms with Gasteiger partial charge < -0.3 is 0 Å². The van der Waals surface area contributed by atoms with Crippen LogP contribution in [0.1, 0.15) is 47.1 Å². The van der Waals surface area contributed by atoms with Gasteiger partial charge in [-0.3, -0.25) is 11.3 Å². The van der Waals surface area contributed by atoms with Gasteiger partial charge in [-0.2, -0.15) is 0 Å². The molecule has 2 nitrogen and oxygen atoms in total. The highest BCUT2D eigenvalue weighted by Crippen LogP contribution is 2.40. The summed E-state index contributed by atoms with van der Waals surface area (Å²) in [5.74, 6) is 6.00. The first-order chi connectivity index (χ1) is 10.2. The number of fused-ring (bicyclic) bond motifs is 1. The molecule has 2 atom stereocenters. The fourth-order valence-corrected chi connectivity index (χ4v) is 3.55. The maximum Gasteiger partial charge on any atom is 0.123 e. The van der Waals surface area contributed by atoms with E-state index in [1.165, 1.54) is 23.6 Å². The molecule has 1 aliphatic carbocycles. The molecule has 0 saturated carbocycles. The fourth-order valence-electron chi connectivity index (χ4n) is 3.55. The lowest BCUT2D eigenvalue weighted by atomic mass is 9.76. The maximum atomic E-state index is 13.3. The van der Waals surface area contributed by atoms with Gasteiger partial charge in [0.2, 0.25) is 0 Å². The monoisotopic (exact) mass is 284 g/mol. The Labute approximate surface area is 125 Å². The van der Waals surface area contributed by atoms with E-state index < -0.39 is 0 Å². The minimum atomic E-state index is -0.198. The summed E-state index contributed by atoms with van der Waals surface area (Å²) in [5.41, 5.74) is 7.78. The minimum absolute atomic E-state index is 0.0204. The molecule has 3 N–H and O–H groups in total. The Morgan fingerprint density at radius 2 is 2.05 bits per heavy atom. The summed E-state index contributed by atoms with van der Waals surface area (Å²) < 4.78 is 13.3. The largest absolute Gasteiger partial charge is 0.271 e. The van der Waals surface area contributed by atoms with Gasteiger partial charge in [0.25, 0.3) is 0 Å². The van der Waals surface area contributed by atoms with Crippen molar-refractivity contribution in [2.24, 2.45) is 5.84 Å². The van der Waals surface area contributed by atoms with Gasteiger partial charge in [0, 0.05) is 5.92 Å². The molecule has 0 fully saturated rings. The smallest absolute Gasteiger partial charge is 0.123 e. The van der Waals surface area contributed by atoms with Gasteiger partial charge in [-0.15, -0.1) is 0 Å². The van der Waals surface area contributed by atoms with Crippen LogP contribution in [0.25, 0.3) is 0 Å². The SMILES string of the molecule is Cc1cc(F)ccc1C(NN)C1CCCc2ccccc21. The summed E-state index contributed by atoms with van der Waals surface area (Å²) in [7, 11) is 0. The molecule has 0 bridgehead atoms. The maximum absolute atomic E-state index is 13.3. The van der Waals surface area contributed by atoms with Gasteiger partial charge in [0.15, 0.2) is 0 Å². The average Bonchev–Trinajstić information content (AvgIpc) is 2.50. The second kappa shape index (κ2) is 5.96. The summed E-state index contributed by atoms with van der Waals surface area (Å²) in [4.78, 5) is 0. The topological polar surface area (TPSA) is 38.0 Å². The van der Waals surface area contributed by atoms with Crippen molar-refractivity contribution in [3.8, 4) is 0 Å². The number of benzene rings is 2. The van der Waals surface area contributed by atoms with Crippen LogP contribution in [0.2, 0.25) is 0 Å². The third-order valence-corrected chi connectivity index (χ3v) is 4.56. The molecule has 0 aromatic heterocycles. The van der Waals surface area contributed by atoms with Crippen molar-refractivity contribution in [1.82, 2.24) is 5.43 Å². The zero-order chi connectivity index (χ0) is 14.8. The van der Waals surface area contributed by atoms with Crippen molar-refractivity contribution in [1.29, 1.82) is 0 Å². The fraction of sp³-hybridized carbons (Fsp3) is 0.333. The Morgan fingerprint density at radius 3 is 2.81 bits per heavy atom. The number of nitrogens with two attached hydrogens (primary N) is 1. The predicted molar refractivity (Wildman–Crippen MR) is 83.3 cm³/mol. The molecule has 110 valence electrons. The second-order valence-corrected chi connectivity index (χ2v) is 5.84. The lowest BCUT2D eigenvalue weighted by molar-refractivity contribution is 0.406. The van der Waals surface area contributed by atoms with E-state index in [0.717, 1.165) is 24.0 Å². The highest BCUT2D eigenvalue weighted by atomic mass is 19.1. The normalized spacial score (nSPS) is 19.1. The van der Waals surface area contributed by atoms with Crippen molar-refractivity contribution in [2.75, 3.05) is 0 Å². The van der Waals surface area contributed by atoms with Crippen LogP contribution in [0, 0.1) is 12.7 Å². The standard InChI is InChI=1S/C18H21FN2/c1-12-11-14(19)9-10-15(12)18(21-20)17-8-4-6-13-5-2-3-7-16(13)17/h2-3,5,7,9-11,17-18,21H,4,6,8,20H2,1H3. The number of nitrogens with one attached hydrogen (secondary N) is 1. The van der Waals surface area contributed by atoms with Crippen LogP contribution < -0.4 is 11.3 Å². The van der Waals surface area contributed by atoms with Gasteiger partial charge in [-0.1, -0.05) is 30.3 Å². The molecular formula is C18H21FN2. The molecule has 21 heavy (non-hydrogen) atoms. The molecule has 0 spiro atoms. The highest BCUT2D eigenvalue weighted by Gasteiger charge is 2.29. The van der Waals surface area contributed by atoms with Gasteiger partial charge >= 0.3 is 0 Å². The Balaban J connectivity index is 2.01. The van der Waals surface area contributed by atoms with E-state index >= 15 is 0 Å². The van der Waals surface area contributed by atoms with Crippen LogP contribution in [0.4, 0.5) is 4.39 Å². The van der Waals surface area contributed by atoms with Crippen molar-refractivity contribution < 1.29 is 4.39 Å². The summed E-state index contributed by atoms with van der Waals surface area (Å²) in [6.07, 6.45) is 3.40. The molecule has 1 aliphatic rings. The molecule has 3 heteroatoms. The van der Waals surface area contributed by atoms with Crippen LogP contribution >= 0.6 is 0 Å². The van der Waals surface area contributed by atoms with Crippen molar-refractivity contribution in [3.05, 3.63) is 70.5 Å². The van der Waals surface area contributed by atoms with Gasteiger partial charge in [-0.25, -0.2) is 4.39 Å². The molecule has 0 amide bonds. The van der Waals surface area contributed by atoms with Crippen LogP contribution in [-0.4, -0.2) is 0 Å². The first-order valence-corrected chi connectivity index (χ1v) is 7.50. The molecular weight excluding hydrogens is 263 g/mol. The van der Waals surface area contributed by atoms with E-state index in [2.05, 4.69) is 29.7 Å². The van der Waals surface area contributed by atoms with E-state index in [9.17, 15) is 4.39 Å². The summed E-state index contributed by atoms with van der Waals surface area (Å²) >= 11 is 0. The van der Waals surface area contributed by atoms with E-state index in [-0.39, 0.29) is 11.9 Å². The van der Waals surface area contributed by atoms with E-state index in [1.807, 2.05) is 13.0 Å². The third-order valence-electron chi connectivity index (χ3n) is 4.56. The third kappa shape index (κ3) is 2.71. The molecule has 0 heterocycles.